The Bertz CT molecular complexity index is 945. The molecule has 1 nitrogen and oxygen atoms in total. The number of carbonyl (C=O) groups excluding carboxylic acids is 1. The fourth-order valence-electron chi connectivity index (χ4n) is 3.80. The summed E-state index contributed by atoms with van der Waals surface area (Å²) in [7, 11) is 0. The molecule has 2 aliphatic rings. The van der Waals surface area contributed by atoms with Crippen molar-refractivity contribution in [2.24, 2.45) is 5.92 Å². The number of Topliss-reactive ketones (excluding diaryl/α,β-unsaturated/α-hetero) is 1. The largest absolute Gasteiger partial charge is 0.294 e. The molecule has 0 radical (unpaired) electrons. The average Bonchev–Trinajstić information content (AvgIpc) is 3.01. The molecule has 28 heavy (non-hydrogen) atoms. The van der Waals surface area contributed by atoms with Crippen LogP contribution in [0.1, 0.15) is 46.8 Å². The summed E-state index contributed by atoms with van der Waals surface area (Å²) < 4.78 is -0.0891. The molecule has 0 spiro atoms. The lowest BCUT2D eigenvalue weighted by atomic mass is 9.89. The Labute approximate surface area is 185 Å². The van der Waals surface area contributed by atoms with E-state index in [1.54, 1.807) is 17.8 Å². The van der Waals surface area contributed by atoms with Gasteiger partial charge in [-0.05, 0) is 83.6 Å². The van der Waals surface area contributed by atoms with E-state index in [1.807, 2.05) is 36.9 Å². The molecule has 5 heteroatoms. The second-order valence-electron chi connectivity index (χ2n) is 7.89. The van der Waals surface area contributed by atoms with Gasteiger partial charge in [0.1, 0.15) is 0 Å². The van der Waals surface area contributed by atoms with E-state index in [4.69, 9.17) is 23.2 Å². The number of thioether (sulfide) groups is 2. The SMILES string of the molecule is Cc1cc(C2=CSC(C)(c3cc(Cl)cc(Cl)c3)C2)ccc1C(=O)CC1CSC1. The van der Waals surface area contributed by atoms with Crippen molar-refractivity contribution in [2.75, 3.05) is 11.5 Å². The van der Waals surface area contributed by atoms with Gasteiger partial charge in [-0.2, -0.15) is 11.8 Å². The van der Waals surface area contributed by atoms with Gasteiger partial charge in [0, 0.05) is 26.8 Å². The summed E-state index contributed by atoms with van der Waals surface area (Å²) >= 11 is 16.2. The van der Waals surface area contributed by atoms with E-state index < -0.39 is 0 Å². The van der Waals surface area contributed by atoms with E-state index in [2.05, 4.69) is 24.5 Å². The maximum absolute atomic E-state index is 12.6. The highest BCUT2D eigenvalue weighted by Crippen LogP contribution is 2.51. The standard InChI is InChI=1S/C23H22Cl2OS2/c1-14-5-16(3-4-21(14)22(26)6-15-11-27-12-15)17-10-23(2,28-13-17)18-7-19(24)9-20(25)8-18/h3-5,7-9,13,15H,6,10-12H2,1-2H3. The summed E-state index contributed by atoms with van der Waals surface area (Å²) in [6.07, 6.45) is 1.58. The predicted molar refractivity (Wildman–Crippen MR) is 125 cm³/mol. The van der Waals surface area contributed by atoms with E-state index >= 15 is 0 Å². The fraction of sp³-hybridized carbons (Fsp3) is 0.348. The Hall–Kier alpha value is -0.870. The minimum Gasteiger partial charge on any atom is -0.294 e. The van der Waals surface area contributed by atoms with Crippen LogP contribution in [0.15, 0.2) is 41.8 Å². The van der Waals surface area contributed by atoms with Gasteiger partial charge in [-0.1, -0.05) is 41.4 Å². The topological polar surface area (TPSA) is 17.1 Å². The summed E-state index contributed by atoms with van der Waals surface area (Å²) in [5, 5.41) is 3.57. The second kappa shape index (κ2) is 8.10. The van der Waals surface area contributed by atoms with Gasteiger partial charge in [0.2, 0.25) is 0 Å². The summed E-state index contributed by atoms with van der Waals surface area (Å²) in [5.41, 5.74) is 5.57. The van der Waals surface area contributed by atoms with Crippen molar-refractivity contribution >= 4 is 58.1 Å². The molecule has 2 heterocycles. The lowest BCUT2D eigenvalue weighted by molar-refractivity contribution is 0.0967. The highest BCUT2D eigenvalue weighted by molar-refractivity contribution is 8.03. The molecule has 0 aromatic heterocycles. The van der Waals surface area contributed by atoms with Gasteiger partial charge in [-0.25, -0.2) is 0 Å². The number of aryl methyl sites for hydroxylation is 1. The molecule has 0 N–H and O–H groups in total. The van der Waals surface area contributed by atoms with Crippen LogP contribution in [0.5, 0.6) is 0 Å². The molecule has 2 aromatic carbocycles. The van der Waals surface area contributed by atoms with Crippen molar-refractivity contribution in [3.05, 3.63) is 74.1 Å². The lowest BCUT2D eigenvalue weighted by Crippen LogP contribution is -2.22. The summed E-state index contributed by atoms with van der Waals surface area (Å²) in [4.78, 5) is 12.6. The summed E-state index contributed by atoms with van der Waals surface area (Å²) in [5.74, 6) is 3.09. The van der Waals surface area contributed by atoms with E-state index in [9.17, 15) is 4.79 Å². The van der Waals surface area contributed by atoms with Crippen LogP contribution in [0.2, 0.25) is 10.0 Å². The average molecular weight is 449 g/mol. The molecule has 4 rings (SSSR count). The van der Waals surface area contributed by atoms with Gasteiger partial charge in [0.05, 0.1) is 0 Å². The molecule has 0 aliphatic carbocycles. The maximum Gasteiger partial charge on any atom is 0.163 e. The molecule has 146 valence electrons. The Morgan fingerprint density at radius 3 is 2.46 bits per heavy atom. The molecule has 0 amide bonds. The van der Waals surface area contributed by atoms with Crippen LogP contribution in [0.3, 0.4) is 0 Å². The van der Waals surface area contributed by atoms with Crippen LogP contribution >= 0.6 is 46.7 Å². The zero-order valence-corrected chi connectivity index (χ0v) is 19.1. The van der Waals surface area contributed by atoms with Crippen molar-refractivity contribution in [2.45, 2.75) is 31.4 Å². The first-order valence-corrected chi connectivity index (χ1v) is 12.2. The van der Waals surface area contributed by atoms with Gasteiger partial charge in [-0.3, -0.25) is 4.79 Å². The number of ketones is 1. The first-order valence-electron chi connectivity index (χ1n) is 9.39. The number of benzene rings is 2. The molecule has 1 atom stereocenters. The highest BCUT2D eigenvalue weighted by atomic mass is 35.5. The van der Waals surface area contributed by atoms with Gasteiger partial charge in [0.15, 0.2) is 5.78 Å². The number of carbonyl (C=O) groups is 1. The molecule has 0 bridgehead atoms. The smallest absolute Gasteiger partial charge is 0.163 e. The zero-order chi connectivity index (χ0) is 19.9. The van der Waals surface area contributed by atoms with Crippen LogP contribution in [0, 0.1) is 12.8 Å². The quantitative estimate of drug-likeness (QED) is 0.437. The fourth-order valence-corrected chi connectivity index (χ4v) is 6.24. The number of hydrogen-bond acceptors (Lipinski definition) is 3. The first kappa shape index (κ1) is 20.4. The number of rotatable bonds is 5. The molecule has 2 aliphatic heterocycles. The van der Waals surface area contributed by atoms with Crippen molar-refractivity contribution in [1.29, 1.82) is 0 Å². The second-order valence-corrected chi connectivity index (χ2v) is 11.2. The third kappa shape index (κ3) is 4.18. The van der Waals surface area contributed by atoms with Crippen LogP contribution < -0.4 is 0 Å². The summed E-state index contributed by atoms with van der Waals surface area (Å²) in [6, 6.07) is 12.0. The van der Waals surface area contributed by atoms with Gasteiger partial charge < -0.3 is 0 Å². The molecule has 1 fully saturated rings. The van der Waals surface area contributed by atoms with Crippen molar-refractivity contribution in [3.8, 4) is 0 Å². The molecule has 1 unspecified atom stereocenters. The van der Waals surface area contributed by atoms with Crippen molar-refractivity contribution < 1.29 is 4.79 Å². The number of hydrogen-bond donors (Lipinski definition) is 0. The Balaban J connectivity index is 1.52. The van der Waals surface area contributed by atoms with Crippen molar-refractivity contribution in [3.63, 3.8) is 0 Å². The van der Waals surface area contributed by atoms with E-state index in [1.165, 1.54) is 11.1 Å². The zero-order valence-electron chi connectivity index (χ0n) is 15.9. The minimum absolute atomic E-state index is 0.0891. The number of halogens is 2. The van der Waals surface area contributed by atoms with E-state index in [0.717, 1.165) is 34.6 Å². The lowest BCUT2D eigenvalue weighted by Gasteiger charge is -2.25. The van der Waals surface area contributed by atoms with E-state index in [-0.39, 0.29) is 10.5 Å². The molecule has 2 aromatic rings. The van der Waals surface area contributed by atoms with Gasteiger partial charge >= 0.3 is 0 Å². The molecule has 1 saturated heterocycles. The Morgan fingerprint density at radius 1 is 1.14 bits per heavy atom. The van der Waals surface area contributed by atoms with Crippen LogP contribution in [0.4, 0.5) is 0 Å². The normalized spacial score (nSPS) is 22.1. The van der Waals surface area contributed by atoms with Gasteiger partial charge in [-0.15, -0.1) is 11.8 Å². The Morgan fingerprint density at radius 2 is 1.86 bits per heavy atom. The van der Waals surface area contributed by atoms with E-state index in [0.29, 0.717) is 22.4 Å². The first-order chi connectivity index (χ1) is 13.3. The van der Waals surface area contributed by atoms with Gasteiger partial charge in [0.25, 0.3) is 0 Å². The molecule has 0 saturated carbocycles. The minimum atomic E-state index is -0.0891. The maximum atomic E-state index is 12.6. The molecular weight excluding hydrogens is 427 g/mol. The molecular formula is C23H22Cl2OS2. The van der Waals surface area contributed by atoms with Crippen molar-refractivity contribution in [1.82, 2.24) is 0 Å². The van der Waals surface area contributed by atoms with Crippen LogP contribution in [0.25, 0.3) is 5.57 Å². The Kier molecular flexibility index (Phi) is 5.90. The summed E-state index contributed by atoms with van der Waals surface area (Å²) in [6.45, 7) is 4.27. The third-order valence-electron chi connectivity index (χ3n) is 5.54. The third-order valence-corrected chi connectivity index (χ3v) is 8.69. The highest BCUT2D eigenvalue weighted by Gasteiger charge is 2.34. The monoisotopic (exact) mass is 448 g/mol. The number of allylic oxidation sites excluding steroid dienone is 1. The predicted octanol–water partition coefficient (Wildman–Crippen LogP) is 7.63. The van der Waals surface area contributed by atoms with Crippen LogP contribution in [-0.2, 0) is 4.75 Å². The van der Waals surface area contributed by atoms with Crippen LogP contribution in [-0.4, -0.2) is 17.3 Å².